The average molecular weight is 310 g/mol. The number of aromatic amines is 1. The monoisotopic (exact) mass is 310 g/mol. The van der Waals surface area contributed by atoms with Gasteiger partial charge in [-0.1, -0.05) is 25.1 Å². The predicted octanol–water partition coefficient (Wildman–Crippen LogP) is 3.17. The average Bonchev–Trinajstić information content (AvgIpc) is 3.09. The number of H-pyrrole nitrogens is 1. The number of pyridine rings is 1. The Morgan fingerprint density at radius 2 is 2.04 bits per heavy atom. The molecule has 2 aromatic heterocycles. The molecule has 5 nitrogen and oxygen atoms in total. The maximum atomic E-state index is 12.5. The van der Waals surface area contributed by atoms with Gasteiger partial charge in [-0.25, -0.2) is 0 Å². The van der Waals surface area contributed by atoms with E-state index in [4.69, 9.17) is 4.42 Å². The van der Waals surface area contributed by atoms with Crippen LogP contribution in [0.3, 0.4) is 0 Å². The molecule has 3 rings (SSSR count). The molecule has 118 valence electrons. The number of carbonyl (C=O) groups excluding carboxylic acids is 1. The van der Waals surface area contributed by atoms with Gasteiger partial charge >= 0.3 is 0 Å². The highest BCUT2D eigenvalue weighted by molar-refractivity contribution is 5.91. The van der Waals surface area contributed by atoms with Gasteiger partial charge in [0.05, 0.1) is 12.8 Å². The summed E-state index contributed by atoms with van der Waals surface area (Å²) >= 11 is 0. The number of nitrogens with one attached hydrogen (secondary N) is 1. The fourth-order valence-corrected chi connectivity index (χ4v) is 2.59. The van der Waals surface area contributed by atoms with Gasteiger partial charge in [0, 0.05) is 17.6 Å². The van der Waals surface area contributed by atoms with Crippen LogP contribution in [0.4, 0.5) is 0 Å². The molecule has 0 aliphatic rings. The van der Waals surface area contributed by atoms with Crippen molar-refractivity contribution in [3.8, 4) is 0 Å². The highest BCUT2D eigenvalue weighted by Crippen LogP contribution is 2.13. The maximum Gasteiger partial charge on any atom is 0.289 e. The summed E-state index contributed by atoms with van der Waals surface area (Å²) in [6, 6.07) is 12.7. The van der Waals surface area contributed by atoms with Crippen LogP contribution in [0, 0.1) is 0 Å². The van der Waals surface area contributed by atoms with Gasteiger partial charge in [-0.3, -0.25) is 9.59 Å². The van der Waals surface area contributed by atoms with Gasteiger partial charge in [0.25, 0.3) is 11.5 Å². The Hall–Kier alpha value is -2.82. The first kappa shape index (κ1) is 15.1. The van der Waals surface area contributed by atoms with Gasteiger partial charge in [0.2, 0.25) is 0 Å². The Morgan fingerprint density at radius 3 is 2.78 bits per heavy atom. The number of amides is 1. The molecule has 1 N–H and O–H groups in total. The summed E-state index contributed by atoms with van der Waals surface area (Å²) in [5, 5.41) is 0.948. The van der Waals surface area contributed by atoms with Crippen LogP contribution in [0.25, 0.3) is 10.9 Å². The quantitative estimate of drug-likeness (QED) is 0.787. The third kappa shape index (κ3) is 3.18. The minimum atomic E-state index is -0.204. The summed E-state index contributed by atoms with van der Waals surface area (Å²) < 4.78 is 5.18. The van der Waals surface area contributed by atoms with Crippen LogP contribution in [0.1, 0.15) is 29.5 Å². The molecule has 0 aliphatic carbocycles. The van der Waals surface area contributed by atoms with Crippen LogP contribution in [-0.4, -0.2) is 22.3 Å². The SMILES string of the molecule is CCCN(Cc1cc2ccccc2[nH]c1=O)C(=O)c1ccco1. The number of hydrogen-bond donors (Lipinski definition) is 1. The Morgan fingerprint density at radius 1 is 1.22 bits per heavy atom. The second-order valence-electron chi connectivity index (χ2n) is 5.41. The molecule has 5 heteroatoms. The molecular formula is C18H18N2O3. The lowest BCUT2D eigenvalue weighted by Gasteiger charge is -2.20. The van der Waals surface area contributed by atoms with E-state index in [1.165, 1.54) is 6.26 Å². The first-order valence-corrected chi connectivity index (χ1v) is 7.62. The third-order valence-corrected chi connectivity index (χ3v) is 3.70. The van der Waals surface area contributed by atoms with Gasteiger partial charge in [0.15, 0.2) is 5.76 Å². The van der Waals surface area contributed by atoms with Crippen molar-refractivity contribution in [1.29, 1.82) is 0 Å². The fraction of sp³-hybridized carbons (Fsp3) is 0.222. The normalized spacial score (nSPS) is 10.8. The number of fused-ring (bicyclic) bond motifs is 1. The maximum absolute atomic E-state index is 12.5. The topological polar surface area (TPSA) is 66.3 Å². The highest BCUT2D eigenvalue weighted by atomic mass is 16.3. The van der Waals surface area contributed by atoms with Crippen molar-refractivity contribution >= 4 is 16.8 Å². The number of hydrogen-bond acceptors (Lipinski definition) is 3. The van der Waals surface area contributed by atoms with Gasteiger partial charge in [-0.15, -0.1) is 0 Å². The Bertz CT molecular complexity index is 865. The molecule has 0 bridgehead atoms. The van der Waals surface area contributed by atoms with E-state index >= 15 is 0 Å². The van der Waals surface area contributed by atoms with Crippen LogP contribution in [-0.2, 0) is 6.54 Å². The van der Waals surface area contributed by atoms with E-state index in [9.17, 15) is 9.59 Å². The van der Waals surface area contributed by atoms with E-state index < -0.39 is 0 Å². The first-order valence-electron chi connectivity index (χ1n) is 7.62. The number of carbonyl (C=O) groups is 1. The van der Waals surface area contributed by atoms with Crippen LogP contribution in [0.15, 0.2) is 57.9 Å². The Labute approximate surface area is 133 Å². The molecule has 0 fully saturated rings. The molecule has 2 heterocycles. The molecule has 0 spiro atoms. The van der Waals surface area contributed by atoms with Crippen molar-refractivity contribution in [2.75, 3.05) is 6.54 Å². The van der Waals surface area contributed by atoms with Gasteiger partial charge in [-0.2, -0.15) is 0 Å². The van der Waals surface area contributed by atoms with E-state index in [1.54, 1.807) is 17.0 Å². The molecular weight excluding hydrogens is 292 g/mol. The molecule has 0 atom stereocenters. The van der Waals surface area contributed by atoms with Crippen LogP contribution >= 0.6 is 0 Å². The van der Waals surface area contributed by atoms with Gasteiger partial charge in [-0.05, 0) is 36.1 Å². The minimum absolute atomic E-state index is 0.169. The van der Waals surface area contributed by atoms with E-state index in [0.717, 1.165) is 17.3 Å². The number of benzene rings is 1. The second kappa shape index (κ2) is 6.52. The Kier molecular flexibility index (Phi) is 4.28. The molecule has 0 radical (unpaired) electrons. The van der Waals surface area contributed by atoms with Crippen LogP contribution < -0.4 is 5.56 Å². The van der Waals surface area contributed by atoms with Crippen molar-refractivity contribution in [3.05, 3.63) is 70.4 Å². The number of nitrogens with zero attached hydrogens (tertiary/aromatic N) is 1. The zero-order valence-electron chi connectivity index (χ0n) is 12.9. The smallest absolute Gasteiger partial charge is 0.289 e. The molecule has 3 aromatic rings. The summed E-state index contributed by atoms with van der Waals surface area (Å²) in [6.07, 6.45) is 2.28. The lowest BCUT2D eigenvalue weighted by Crippen LogP contribution is -2.33. The van der Waals surface area contributed by atoms with Crippen molar-refractivity contribution in [2.24, 2.45) is 0 Å². The summed E-state index contributed by atoms with van der Waals surface area (Å²) in [4.78, 5) is 29.3. The zero-order chi connectivity index (χ0) is 16.2. The van der Waals surface area contributed by atoms with Crippen molar-refractivity contribution in [2.45, 2.75) is 19.9 Å². The molecule has 0 aliphatic heterocycles. The number of para-hydroxylation sites is 1. The lowest BCUT2D eigenvalue weighted by atomic mass is 10.1. The van der Waals surface area contributed by atoms with Crippen molar-refractivity contribution in [3.63, 3.8) is 0 Å². The predicted molar refractivity (Wildman–Crippen MR) is 88.3 cm³/mol. The zero-order valence-corrected chi connectivity index (χ0v) is 12.9. The second-order valence-corrected chi connectivity index (χ2v) is 5.41. The van der Waals surface area contributed by atoms with Crippen LogP contribution in [0.2, 0.25) is 0 Å². The molecule has 1 aromatic carbocycles. The Balaban J connectivity index is 1.92. The summed E-state index contributed by atoms with van der Waals surface area (Å²) in [7, 11) is 0. The largest absolute Gasteiger partial charge is 0.459 e. The van der Waals surface area contributed by atoms with Crippen LogP contribution in [0.5, 0.6) is 0 Å². The summed E-state index contributed by atoms with van der Waals surface area (Å²) in [5.41, 5.74) is 1.19. The van der Waals surface area contributed by atoms with Crippen molar-refractivity contribution in [1.82, 2.24) is 9.88 Å². The van der Waals surface area contributed by atoms with E-state index in [0.29, 0.717) is 12.1 Å². The molecule has 0 saturated heterocycles. The standard InChI is InChI=1S/C18H18N2O3/c1-2-9-20(18(22)16-8-5-10-23-16)12-14-11-13-6-3-4-7-15(13)19-17(14)21/h3-8,10-11H,2,9,12H2,1H3,(H,19,21). The first-order chi connectivity index (χ1) is 11.2. The number of rotatable bonds is 5. The van der Waals surface area contributed by atoms with Gasteiger partial charge in [0.1, 0.15) is 0 Å². The van der Waals surface area contributed by atoms with Crippen molar-refractivity contribution < 1.29 is 9.21 Å². The fourth-order valence-electron chi connectivity index (χ4n) is 2.59. The molecule has 1 amide bonds. The third-order valence-electron chi connectivity index (χ3n) is 3.70. The van der Waals surface area contributed by atoms with Gasteiger partial charge < -0.3 is 14.3 Å². The molecule has 23 heavy (non-hydrogen) atoms. The van der Waals surface area contributed by atoms with E-state index in [-0.39, 0.29) is 23.8 Å². The lowest BCUT2D eigenvalue weighted by molar-refractivity contribution is 0.0710. The van der Waals surface area contributed by atoms with E-state index in [2.05, 4.69) is 4.98 Å². The highest BCUT2D eigenvalue weighted by Gasteiger charge is 2.19. The number of aromatic nitrogens is 1. The molecule has 0 saturated carbocycles. The summed E-state index contributed by atoms with van der Waals surface area (Å²) in [5.74, 6) is 0.0834. The minimum Gasteiger partial charge on any atom is -0.459 e. The van der Waals surface area contributed by atoms with E-state index in [1.807, 2.05) is 37.3 Å². The number of furan rings is 1. The summed E-state index contributed by atoms with van der Waals surface area (Å²) in [6.45, 7) is 2.81. The molecule has 0 unspecified atom stereocenters.